The van der Waals surface area contributed by atoms with Crippen molar-refractivity contribution in [1.29, 1.82) is 0 Å². The molecule has 0 saturated heterocycles. The predicted octanol–water partition coefficient (Wildman–Crippen LogP) is 13.1. The van der Waals surface area contributed by atoms with Gasteiger partial charge in [-0.2, -0.15) is 0 Å². The van der Waals surface area contributed by atoms with Crippen molar-refractivity contribution in [2.75, 3.05) is 33.2 Å². The summed E-state index contributed by atoms with van der Waals surface area (Å²) in [6, 6.07) is 17.3. The molecule has 2 N–H and O–H groups in total. The molecule has 2 aliphatic carbocycles. The molecule has 4 aliphatic rings. The molecule has 394 valence electrons. The number of carbonyl (C=O) groups excluding carboxylic acids is 1. The molecule has 72 heavy (non-hydrogen) atoms. The number of nitrogens with zero attached hydrogens (tertiary/aromatic N) is 2. The first kappa shape index (κ1) is 54.7. The zero-order valence-corrected chi connectivity index (χ0v) is 43.4. The third-order valence-electron chi connectivity index (χ3n) is 14.6. The first-order valence-corrected chi connectivity index (χ1v) is 26.9. The van der Waals surface area contributed by atoms with Crippen LogP contribution in [0, 0.1) is 23.6 Å². The maximum Gasteiger partial charge on any atom is 0.410 e. The number of unbranched alkanes of at least 4 members (excludes halogenated alkanes) is 11. The molecule has 0 bridgehead atoms. The lowest BCUT2D eigenvalue weighted by atomic mass is 9.55. The highest BCUT2D eigenvalue weighted by Crippen LogP contribution is 2.62. The van der Waals surface area contributed by atoms with Crippen molar-refractivity contribution < 1.29 is 52.7 Å². The Morgan fingerprint density at radius 1 is 0.875 bits per heavy atom. The van der Waals surface area contributed by atoms with Crippen LogP contribution in [-0.4, -0.2) is 77.6 Å². The molecule has 7 rings (SSSR count). The number of benzene rings is 3. The second-order valence-corrected chi connectivity index (χ2v) is 21.0. The Morgan fingerprint density at radius 2 is 1.58 bits per heavy atom. The largest absolute Gasteiger partial charge is 0.489 e. The standard InChI is InChI=1S/C59H81FN2O10/c1-6-8-9-10-11-12-13-14-15-22-34-66-57(65)62(39-42-27-29-52-53(35-42)69-41-68-52)54-38-50(61-72-58(3,4)5)47-36-43(23-18-20-31-63)46(25-19-21-32-64)55-48-37-45(67-40-44-24-16-17-26-49(44)60)28-30-51(48)71-59(54,56(47)55)70-33-7-2/h7,16-17,24,26-30,35-37,43,46,54-56,63-64H,2,6,8-15,18-23,25,31-34,38-41H2,1,3-5H3/t43-,46+,54-,55+,56+,59+/m0/s1. The molecule has 0 unspecified atom stereocenters. The van der Waals surface area contributed by atoms with E-state index in [9.17, 15) is 14.6 Å². The van der Waals surface area contributed by atoms with Crippen LogP contribution in [0.1, 0.15) is 159 Å². The highest BCUT2D eigenvalue weighted by molar-refractivity contribution is 6.03. The summed E-state index contributed by atoms with van der Waals surface area (Å²) >= 11 is 0. The molecule has 2 aliphatic heterocycles. The van der Waals surface area contributed by atoms with E-state index in [4.69, 9.17) is 38.4 Å². The number of aliphatic hydroxyl groups is 2. The number of carbonyl (C=O) groups is 1. The van der Waals surface area contributed by atoms with Gasteiger partial charge in [-0.15, -0.1) is 6.58 Å². The molecule has 3 aromatic carbocycles. The second kappa shape index (κ2) is 26.7. The molecule has 0 aromatic heterocycles. The summed E-state index contributed by atoms with van der Waals surface area (Å²) in [6.07, 6.45) is 19.7. The SMILES string of the molecule is C=CCO[C@@]12Oc3ccc(OCc4ccccc4F)cc3[C@H]3[C@H](CCCCO)[C@@H](CCCCO)C=C(C(=NOC(C)(C)C)C[C@@H]1N(Cc1ccc4c(c1)OCO4)C(=O)OCCCCCCCCCCCC)[C@H]32. The van der Waals surface area contributed by atoms with Gasteiger partial charge in [0.15, 0.2) is 11.5 Å². The van der Waals surface area contributed by atoms with Crippen molar-refractivity contribution in [3.63, 3.8) is 0 Å². The quantitative estimate of drug-likeness (QED) is 0.0393. The average molecular weight is 997 g/mol. The molecular formula is C59H81FN2O10. The molecule has 3 aromatic rings. The lowest BCUT2D eigenvalue weighted by Crippen LogP contribution is -2.70. The highest BCUT2D eigenvalue weighted by Gasteiger charge is 2.66. The molecule has 13 heteroatoms. The fourth-order valence-corrected chi connectivity index (χ4v) is 11.1. The second-order valence-electron chi connectivity index (χ2n) is 21.0. The Kier molecular flexibility index (Phi) is 20.3. The van der Waals surface area contributed by atoms with Gasteiger partial charge in [0, 0.05) is 43.2 Å². The minimum atomic E-state index is -1.51. The summed E-state index contributed by atoms with van der Waals surface area (Å²) in [6.45, 7) is 13.0. The van der Waals surface area contributed by atoms with E-state index in [-0.39, 0.29) is 76.4 Å². The Hall–Kier alpha value is -5.11. The molecule has 1 amide bonds. The van der Waals surface area contributed by atoms with Gasteiger partial charge in [0.1, 0.15) is 35.6 Å². The zero-order valence-electron chi connectivity index (χ0n) is 43.4. The van der Waals surface area contributed by atoms with E-state index in [0.717, 1.165) is 61.6 Å². The Morgan fingerprint density at radius 3 is 2.31 bits per heavy atom. The van der Waals surface area contributed by atoms with Gasteiger partial charge in [0.2, 0.25) is 12.6 Å². The van der Waals surface area contributed by atoms with Gasteiger partial charge in [-0.05, 0) is 112 Å². The van der Waals surface area contributed by atoms with Crippen molar-refractivity contribution >= 4 is 11.8 Å². The van der Waals surface area contributed by atoms with E-state index in [1.165, 1.54) is 51.0 Å². The van der Waals surface area contributed by atoms with Crippen LogP contribution in [0.15, 0.2) is 90.1 Å². The van der Waals surface area contributed by atoms with Crippen LogP contribution in [0.2, 0.25) is 0 Å². The van der Waals surface area contributed by atoms with Crippen LogP contribution >= 0.6 is 0 Å². The normalized spacial score (nSPS) is 22.3. The number of hydrogen-bond donors (Lipinski definition) is 2. The third-order valence-corrected chi connectivity index (χ3v) is 14.6. The fourth-order valence-electron chi connectivity index (χ4n) is 11.1. The van der Waals surface area contributed by atoms with E-state index >= 15 is 4.79 Å². The first-order chi connectivity index (χ1) is 35.0. The van der Waals surface area contributed by atoms with E-state index in [0.29, 0.717) is 47.1 Å². The van der Waals surface area contributed by atoms with Gasteiger partial charge in [0.05, 0.1) is 24.8 Å². The van der Waals surface area contributed by atoms with Crippen molar-refractivity contribution in [2.24, 2.45) is 22.9 Å². The van der Waals surface area contributed by atoms with Crippen LogP contribution in [0.3, 0.4) is 0 Å². The minimum absolute atomic E-state index is 0.00527. The molecular weight excluding hydrogens is 916 g/mol. The van der Waals surface area contributed by atoms with Gasteiger partial charge in [-0.3, -0.25) is 4.90 Å². The number of amides is 1. The smallest absolute Gasteiger partial charge is 0.410 e. The van der Waals surface area contributed by atoms with Crippen molar-refractivity contribution in [1.82, 2.24) is 4.90 Å². The number of allylic oxidation sites excluding steroid dienone is 1. The average Bonchev–Trinajstić information content (AvgIpc) is 3.85. The number of ether oxygens (including phenoxy) is 6. The van der Waals surface area contributed by atoms with Gasteiger partial charge in [-0.25, -0.2) is 9.18 Å². The fraction of sp³-hybridized carbons (Fsp3) is 0.593. The summed E-state index contributed by atoms with van der Waals surface area (Å²) in [7, 11) is 0. The number of aliphatic hydroxyl groups excluding tert-OH is 2. The van der Waals surface area contributed by atoms with Crippen LogP contribution in [0.25, 0.3) is 0 Å². The van der Waals surface area contributed by atoms with E-state index in [2.05, 4.69) is 19.6 Å². The van der Waals surface area contributed by atoms with Crippen molar-refractivity contribution in [3.8, 4) is 23.0 Å². The summed E-state index contributed by atoms with van der Waals surface area (Å²) in [5.74, 6) is -0.287. The van der Waals surface area contributed by atoms with Crippen molar-refractivity contribution in [3.05, 3.63) is 107 Å². The lowest BCUT2D eigenvalue weighted by molar-refractivity contribution is -0.256. The Bertz CT molecular complexity index is 2280. The van der Waals surface area contributed by atoms with Crippen molar-refractivity contribution in [2.45, 2.75) is 173 Å². The molecule has 1 saturated carbocycles. The van der Waals surface area contributed by atoms with Crippen LogP contribution in [-0.2, 0) is 27.5 Å². The first-order valence-electron chi connectivity index (χ1n) is 26.9. The highest BCUT2D eigenvalue weighted by atomic mass is 19.1. The predicted molar refractivity (Wildman–Crippen MR) is 278 cm³/mol. The molecule has 0 radical (unpaired) electrons. The molecule has 12 nitrogen and oxygen atoms in total. The van der Waals surface area contributed by atoms with E-state index in [1.807, 2.05) is 57.2 Å². The number of fused-ring (bicyclic) bond motifs is 3. The van der Waals surface area contributed by atoms with Gasteiger partial charge in [-0.1, -0.05) is 119 Å². The number of rotatable bonds is 29. The summed E-state index contributed by atoms with van der Waals surface area (Å²) < 4.78 is 53.8. The summed E-state index contributed by atoms with van der Waals surface area (Å²) in [5.41, 5.74) is 3.10. The third kappa shape index (κ3) is 13.9. The maximum absolute atomic E-state index is 15.2. The molecule has 0 spiro atoms. The Balaban J connectivity index is 1.33. The molecule has 2 heterocycles. The molecule has 6 atom stereocenters. The number of halogens is 1. The van der Waals surface area contributed by atoms with Gasteiger partial charge < -0.3 is 43.5 Å². The summed E-state index contributed by atoms with van der Waals surface area (Å²) in [5, 5.41) is 25.1. The minimum Gasteiger partial charge on any atom is -0.489 e. The van der Waals surface area contributed by atoms with Crippen LogP contribution < -0.4 is 18.9 Å². The van der Waals surface area contributed by atoms with Gasteiger partial charge in [0.25, 0.3) is 0 Å². The number of oxime groups is 1. The topological polar surface area (TPSA) is 138 Å². The number of hydrogen-bond acceptors (Lipinski definition) is 11. The summed E-state index contributed by atoms with van der Waals surface area (Å²) in [4.78, 5) is 23.3. The van der Waals surface area contributed by atoms with E-state index in [1.54, 1.807) is 29.2 Å². The van der Waals surface area contributed by atoms with Crippen LogP contribution in [0.4, 0.5) is 9.18 Å². The molecule has 1 fully saturated rings. The van der Waals surface area contributed by atoms with Crippen LogP contribution in [0.5, 0.6) is 23.0 Å². The maximum atomic E-state index is 15.2. The van der Waals surface area contributed by atoms with Gasteiger partial charge >= 0.3 is 6.09 Å². The zero-order chi connectivity index (χ0) is 50.9. The monoisotopic (exact) mass is 997 g/mol. The Labute approximate surface area is 427 Å². The lowest BCUT2D eigenvalue weighted by Gasteiger charge is -2.60. The van der Waals surface area contributed by atoms with E-state index < -0.39 is 29.4 Å².